The van der Waals surface area contributed by atoms with Crippen molar-refractivity contribution in [2.75, 3.05) is 26.9 Å². The third kappa shape index (κ3) is 5.11. The summed E-state index contributed by atoms with van der Waals surface area (Å²) in [4.78, 5) is 27.2. The Morgan fingerprint density at radius 1 is 1.06 bits per heavy atom. The lowest BCUT2D eigenvalue weighted by molar-refractivity contribution is -0.140. The highest BCUT2D eigenvalue weighted by molar-refractivity contribution is 6.46. The average molecular weight is 440 g/mol. The fourth-order valence-corrected chi connectivity index (χ4v) is 3.62. The van der Waals surface area contributed by atoms with E-state index in [-0.39, 0.29) is 17.1 Å². The molecule has 1 aliphatic heterocycles. The molecule has 7 heteroatoms. The van der Waals surface area contributed by atoms with E-state index in [2.05, 4.69) is 13.8 Å². The molecule has 32 heavy (non-hydrogen) atoms. The molecule has 0 aromatic heterocycles. The van der Waals surface area contributed by atoms with Crippen molar-refractivity contribution in [3.05, 3.63) is 65.2 Å². The van der Waals surface area contributed by atoms with Gasteiger partial charge in [0.05, 0.1) is 18.2 Å². The van der Waals surface area contributed by atoms with Gasteiger partial charge in [-0.1, -0.05) is 26.0 Å². The number of hydrogen-bond donors (Lipinski definition) is 2. The summed E-state index contributed by atoms with van der Waals surface area (Å²) in [7, 11) is 1.57. The molecule has 0 spiro atoms. The highest BCUT2D eigenvalue weighted by Crippen LogP contribution is 2.40. The van der Waals surface area contributed by atoms with Crippen LogP contribution in [0.4, 0.5) is 0 Å². The number of aliphatic hydroxyl groups is 1. The van der Waals surface area contributed by atoms with Gasteiger partial charge in [0.25, 0.3) is 11.7 Å². The van der Waals surface area contributed by atoms with E-state index < -0.39 is 17.7 Å². The predicted molar refractivity (Wildman–Crippen MR) is 120 cm³/mol. The molecule has 170 valence electrons. The van der Waals surface area contributed by atoms with Crippen molar-refractivity contribution in [3.63, 3.8) is 0 Å². The summed E-state index contributed by atoms with van der Waals surface area (Å²) in [5, 5.41) is 20.7. The second-order valence-electron chi connectivity index (χ2n) is 8.16. The Hall–Kier alpha value is -3.32. The number of Topliss-reactive ketones (excluding diaryl/α,β-unsaturated/α-hetero) is 1. The van der Waals surface area contributed by atoms with Gasteiger partial charge < -0.3 is 24.6 Å². The minimum Gasteiger partial charge on any atom is -0.508 e. The van der Waals surface area contributed by atoms with Gasteiger partial charge in [-0.15, -0.1) is 0 Å². The number of ether oxygens (including phenoxy) is 2. The molecule has 1 heterocycles. The molecular formula is C25H29NO6. The average Bonchev–Trinajstić information content (AvgIpc) is 3.03. The van der Waals surface area contributed by atoms with Gasteiger partial charge in [0.2, 0.25) is 0 Å². The summed E-state index contributed by atoms with van der Waals surface area (Å²) >= 11 is 0. The maximum atomic E-state index is 12.9. The quantitative estimate of drug-likeness (QED) is 0.266. The van der Waals surface area contributed by atoms with Gasteiger partial charge >= 0.3 is 0 Å². The Bertz CT molecular complexity index is 978. The molecule has 2 N–H and O–H groups in total. The fraction of sp³-hybridized carbons (Fsp3) is 0.360. The first-order valence-electron chi connectivity index (χ1n) is 10.6. The predicted octanol–water partition coefficient (Wildman–Crippen LogP) is 3.89. The molecule has 1 atom stereocenters. The molecule has 0 bridgehead atoms. The van der Waals surface area contributed by atoms with E-state index in [1.54, 1.807) is 43.5 Å². The number of benzene rings is 2. The number of aliphatic hydroxyl groups excluding tert-OH is 1. The third-order valence-electron chi connectivity index (χ3n) is 5.21. The number of aromatic hydroxyl groups is 1. The number of phenols is 1. The zero-order valence-corrected chi connectivity index (χ0v) is 18.6. The molecule has 1 amide bonds. The number of ketones is 1. The van der Waals surface area contributed by atoms with Gasteiger partial charge in [-0.25, -0.2) is 0 Å². The van der Waals surface area contributed by atoms with Gasteiger partial charge in [-0.3, -0.25) is 9.59 Å². The smallest absolute Gasteiger partial charge is 0.295 e. The molecule has 0 aliphatic carbocycles. The Kier molecular flexibility index (Phi) is 7.53. The number of hydrogen-bond acceptors (Lipinski definition) is 6. The molecule has 0 saturated carbocycles. The van der Waals surface area contributed by atoms with Crippen molar-refractivity contribution >= 4 is 17.4 Å². The van der Waals surface area contributed by atoms with E-state index in [9.17, 15) is 19.8 Å². The van der Waals surface area contributed by atoms with Crippen LogP contribution < -0.4 is 4.74 Å². The summed E-state index contributed by atoms with van der Waals surface area (Å²) in [6.07, 6.45) is 0.542. The second kappa shape index (κ2) is 10.3. The Balaban J connectivity index is 2.00. The number of phenolic OH excluding ortho intramolecular Hbond substituents is 1. The van der Waals surface area contributed by atoms with Gasteiger partial charge in [0, 0.05) is 25.8 Å². The Morgan fingerprint density at radius 3 is 2.31 bits per heavy atom. The number of methoxy groups -OCH3 is 1. The number of amides is 1. The van der Waals surface area contributed by atoms with Crippen molar-refractivity contribution in [3.8, 4) is 11.5 Å². The standard InChI is InChI=1S/C25H29NO6/c1-16(2)15-32-20-11-7-18(8-12-20)23(28)21-22(17-5-9-19(27)10-6-17)26(13-4-14-31-3)25(30)24(21)29/h5-12,16,22,27-28H,4,13-15H2,1-3H3/b23-21+/t22-/m0/s1. The van der Waals surface area contributed by atoms with Crippen molar-refractivity contribution in [1.82, 2.24) is 4.90 Å². The minimum absolute atomic E-state index is 0.0222. The molecule has 2 aromatic carbocycles. The van der Waals surface area contributed by atoms with Crippen LogP contribution in [0, 0.1) is 5.92 Å². The van der Waals surface area contributed by atoms with E-state index in [1.165, 1.54) is 17.0 Å². The maximum absolute atomic E-state index is 12.9. The monoisotopic (exact) mass is 439 g/mol. The lowest BCUT2D eigenvalue weighted by Crippen LogP contribution is -2.31. The summed E-state index contributed by atoms with van der Waals surface area (Å²) in [5.41, 5.74) is 1.06. The first-order valence-corrected chi connectivity index (χ1v) is 10.6. The summed E-state index contributed by atoms with van der Waals surface area (Å²) in [6, 6.07) is 12.3. The molecule has 0 unspecified atom stereocenters. The minimum atomic E-state index is -0.760. The van der Waals surface area contributed by atoms with Crippen molar-refractivity contribution in [1.29, 1.82) is 0 Å². The van der Waals surface area contributed by atoms with E-state index in [1.807, 2.05) is 0 Å². The van der Waals surface area contributed by atoms with E-state index in [0.717, 1.165) is 0 Å². The molecule has 1 fully saturated rings. The molecule has 1 aliphatic rings. The molecule has 3 rings (SSSR count). The van der Waals surface area contributed by atoms with Gasteiger partial charge in [0.15, 0.2) is 0 Å². The van der Waals surface area contributed by atoms with E-state index in [0.29, 0.717) is 49.0 Å². The zero-order chi connectivity index (χ0) is 23.3. The fourth-order valence-electron chi connectivity index (χ4n) is 3.62. The van der Waals surface area contributed by atoms with Crippen LogP contribution in [-0.2, 0) is 14.3 Å². The van der Waals surface area contributed by atoms with Crippen LogP contribution in [-0.4, -0.2) is 53.7 Å². The van der Waals surface area contributed by atoms with E-state index >= 15 is 0 Å². The topological polar surface area (TPSA) is 96.3 Å². The SMILES string of the molecule is COCCCN1C(=O)C(=O)/C(=C(/O)c2ccc(OCC(C)C)cc2)[C@@H]1c1ccc(O)cc1. The number of likely N-dealkylation sites (tertiary alicyclic amines) is 1. The first-order chi connectivity index (χ1) is 15.3. The van der Waals surface area contributed by atoms with Crippen LogP contribution in [0.5, 0.6) is 11.5 Å². The highest BCUT2D eigenvalue weighted by atomic mass is 16.5. The number of carbonyl (C=O) groups is 2. The van der Waals surface area contributed by atoms with E-state index in [4.69, 9.17) is 9.47 Å². The van der Waals surface area contributed by atoms with Crippen molar-refractivity contribution in [2.45, 2.75) is 26.3 Å². The van der Waals surface area contributed by atoms with Gasteiger partial charge in [-0.05, 0) is 54.3 Å². The summed E-state index contributed by atoms with van der Waals surface area (Å²) in [5.74, 6) is -0.545. The molecule has 2 aromatic rings. The van der Waals surface area contributed by atoms with Crippen molar-refractivity contribution < 1.29 is 29.3 Å². The largest absolute Gasteiger partial charge is 0.508 e. The van der Waals surface area contributed by atoms with Crippen LogP contribution >= 0.6 is 0 Å². The van der Waals surface area contributed by atoms with Crippen LogP contribution in [0.25, 0.3) is 5.76 Å². The van der Waals surface area contributed by atoms with Crippen molar-refractivity contribution in [2.24, 2.45) is 5.92 Å². The Labute approximate surface area is 187 Å². The van der Waals surface area contributed by atoms with Crippen LogP contribution in [0.3, 0.4) is 0 Å². The number of nitrogens with zero attached hydrogens (tertiary/aromatic N) is 1. The highest BCUT2D eigenvalue weighted by Gasteiger charge is 2.45. The molecule has 0 radical (unpaired) electrons. The Morgan fingerprint density at radius 2 is 1.72 bits per heavy atom. The number of carbonyl (C=O) groups excluding carboxylic acids is 2. The third-order valence-corrected chi connectivity index (χ3v) is 5.21. The first kappa shape index (κ1) is 23.3. The molecule has 1 saturated heterocycles. The maximum Gasteiger partial charge on any atom is 0.295 e. The second-order valence-corrected chi connectivity index (χ2v) is 8.16. The summed E-state index contributed by atoms with van der Waals surface area (Å²) in [6.45, 7) is 5.40. The van der Waals surface area contributed by atoms with Gasteiger partial charge in [0.1, 0.15) is 17.3 Å². The lowest BCUT2D eigenvalue weighted by Gasteiger charge is -2.25. The van der Waals surface area contributed by atoms with Gasteiger partial charge in [-0.2, -0.15) is 0 Å². The molecule has 7 nitrogen and oxygen atoms in total. The normalized spacial score (nSPS) is 17.9. The van der Waals surface area contributed by atoms with Crippen LogP contribution in [0.2, 0.25) is 0 Å². The molecular weight excluding hydrogens is 410 g/mol. The summed E-state index contributed by atoms with van der Waals surface area (Å²) < 4.78 is 10.8. The zero-order valence-electron chi connectivity index (χ0n) is 18.6. The van der Waals surface area contributed by atoms with Crippen LogP contribution in [0.1, 0.15) is 37.4 Å². The number of rotatable bonds is 9. The van der Waals surface area contributed by atoms with Crippen LogP contribution in [0.15, 0.2) is 54.1 Å². The lowest BCUT2D eigenvalue weighted by atomic mass is 9.95.